The van der Waals surface area contributed by atoms with Gasteiger partial charge in [0.25, 0.3) is 0 Å². The lowest BCUT2D eigenvalue weighted by molar-refractivity contribution is 0.327. The molecule has 1 rings (SSSR count). The van der Waals surface area contributed by atoms with E-state index in [1.807, 2.05) is 0 Å². The van der Waals surface area contributed by atoms with Gasteiger partial charge >= 0.3 is 0 Å². The van der Waals surface area contributed by atoms with Gasteiger partial charge in [-0.05, 0) is 18.2 Å². The van der Waals surface area contributed by atoms with E-state index in [0.717, 1.165) is 0 Å². The molecule has 0 aliphatic rings. The highest BCUT2D eigenvalue weighted by molar-refractivity contribution is 7.89. The van der Waals surface area contributed by atoms with Crippen molar-refractivity contribution in [1.82, 2.24) is 0 Å². The summed E-state index contributed by atoms with van der Waals surface area (Å²) in [6.45, 7) is 0.324. The Morgan fingerprint density at radius 3 is 2.69 bits per heavy atom. The van der Waals surface area contributed by atoms with E-state index >= 15 is 0 Å². The summed E-state index contributed by atoms with van der Waals surface area (Å²) in [5.41, 5.74) is 0. The molecule has 4 nitrogen and oxygen atoms in total. The minimum absolute atomic E-state index is 0.0539. The molecule has 0 spiro atoms. The molecule has 16 heavy (non-hydrogen) atoms. The maximum atomic E-state index is 11.0. The molecular weight excluding hydrogens is 250 g/mol. The van der Waals surface area contributed by atoms with Crippen LogP contribution in [0.4, 0.5) is 0 Å². The smallest absolute Gasteiger partial charge is 0.238 e. The maximum Gasteiger partial charge on any atom is 0.238 e. The predicted octanol–water partition coefficient (Wildman–Crippen LogP) is 1.39. The average molecular weight is 260 g/mol. The van der Waals surface area contributed by atoms with Crippen LogP contribution in [0.1, 0.15) is 6.42 Å². The van der Waals surface area contributed by atoms with Crippen molar-refractivity contribution in [3.8, 4) is 18.1 Å². The van der Waals surface area contributed by atoms with Gasteiger partial charge in [-0.1, -0.05) is 11.6 Å². The monoisotopic (exact) mass is 259 g/mol. The summed E-state index contributed by atoms with van der Waals surface area (Å²) in [4.78, 5) is -0.0539. The topological polar surface area (TPSA) is 69.4 Å². The molecular formula is C10H10ClNO3S. The molecule has 0 aromatic heterocycles. The minimum Gasteiger partial charge on any atom is -0.491 e. The zero-order valence-electron chi connectivity index (χ0n) is 8.31. The number of terminal acetylenes is 1. The first-order valence-corrected chi connectivity index (χ1v) is 6.26. The highest BCUT2D eigenvalue weighted by Crippen LogP contribution is 2.26. The van der Waals surface area contributed by atoms with E-state index in [4.69, 9.17) is 27.9 Å². The van der Waals surface area contributed by atoms with Crippen molar-refractivity contribution in [2.45, 2.75) is 11.3 Å². The Hall–Kier alpha value is -1.22. The summed E-state index contributed by atoms with van der Waals surface area (Å²) >= 11 is 5.82. The van der Waals surface area contributed by atoms with Gasteiger partial charge in [-0.15, -0.1) is 12.3 Å². The van der Waals surface area contributed by atoms with Gasteiger partial charge in [-0.25, -0.2) is 13.6 Å². The fourth-order valence-corrected chi connectivity index (χ4v) is 1.84. The first-order chi connectivity index (χ1) is 7.45. The van der Waals surface area contributed by atoms with Crippen LogP contribution in [0.25, 0.3) is 0 Å². The van der Waals surface area contributed by atoms with Crippen LogP contribution in [0.15, 0.2) is 23.1 Å². The van der Waals surface area contributed by atoms with E-state index in [-0.39, 0.29) is 9.92 Å². The summed E-state index contributed by atoms with van der Waals surface area (Å²) in [5, 5.41) is 5.13. The van der Waals surface area contributed by atoms with Crippen molar-refractivity contribution in [2.75, 3.05) is 6.61 Å². The third kappa shape index (κ3) is 3.42. The molecule has 1 aromatic carbocycles. The van der Waals surface area contributed by atoms with Crippen molar-refractivity contribution in [3.63, 3.8) is 0 Å². The van der Waals surface area contributed by atoms with Gasteiger partial charge in [0.1, 0.15) is 5.75 Å². The van der Waals surface area contributed by atoms with Gasteiger partial charge in [-0.3, -0.25) is 0 Å². The van der Waals surface area contributed by atoms with Crippen molar-refractivity contribution < 1.29 is 13.2 Å². The van der Waals surface area contributed by atoms with E-state index in [1.165, 1.54) is 18.2 Å². The van der Waals surface area contributed by atoms with Gasteiger partial charge < -0.3 is 4.74 Å². The molecule has 0 fully saturated rings. The fourth-order valence-electron chi connectivity index (χ4n) is 0.996. The number of primary sulfonamides is 1. The van der Waals surface area contributed by atoms with Crippen molar-refractivity contribution in [2.24, 2.45) is 5.14 Å². The Bertz CT molecular complexity index is 519. The van der Waals surface area contributed by atoms with E-state index < -0.39 is 10.0 Å². The summed E-state index contributed by atoms with van der Waals surface area (Å²) in [7, 11) is -3.74. The predicted molar refractivity (Wildman–Crippen MR) is 61.8 cm³/mol. The third-order valence-electron chi connectivity index (χ3n) is 1.74. The Kier molecular flexibility index (Phi) is 4.19. The summed E-state index contributed by atoms with van der Waals surface area (Å²) in [6.07, 6.45) is 5.50. The molecule has 6 heteroatoms. The van der Waals surface area contributed by atoms with Crippen LogP contribution in [0.3, 0.4) is 0 Å². The van der Waals surface area contributed by atoms with E-state index in [1.54, 1.807) is 0 Å². The zero-order valence-corrected chi connectivity index (χ0v) is 9.88. The molecule has 0 saturated carbocycles. The fraction of sp³-hybridized carbons (Fsp3) is 0.200. The van der Waals surface area contributed by atoms with Gasteiger partial charge in [0.2, 0.25) is 10.0 Å². The van der Waals surface area contributed by atoms with Crippen LogP contribution < -0.4 is 9.88 Å². The standard InChI is InChI=1S/C10H10ClNO3S/c1-2-3-6-15-10-5-4-8(7-9(10)11)16(12,13)14/h1,4-5,7H,3,6H2,(H2,12,13,14). The minimum atomic E-state index is -3.74. The van der Waals surface area contributed by atoms with Crippen molar-refractivity contribution in [3.05, 3.63) is 23.2 Å². The molecule has 0 radical (unpaired) electrons. The van der Waals surface area contributed by atoms with Gasteiger partial charge in [0.05, 0.1) is 16.5 Å². The number of sulfonamides is 1. The van der Waals surface area contributed by atoms with E-state index in [9.17, 15) is 8.42 Å². The van der Waals surface area contributed by atoms with Gasteiger partial charge in [-0.2, -0.15) is 0 Å². The normalized spacial score (nSPS) is 10.8. The lowest BCUT2D eigenvalue weighted by Gasteiger charge is -2.07. The SMILES string of the molecule is C#CCCOc1ccc(S(N)(=O)=O)cc1Cl. The number of halogens is 1. The second kappa shape index (κ2) is 5.21. The molecule has 1 aromatic rings. The number of benzene rings is 1. The van der Waals surface area contributed by atoms with E-state index in [0.29, 0.717) is 18.8 Å². The maximum absolute atomic E-state index is 11.0. The quantitative estimate of drug-likeness (QED) is 0.656. The highest BCUT2D eigenvalue weighted by Gasteiger charge is 2.10. The zero-order chi connectivity index (χ0) is 12.2. The average Bonchev–Trinajstić information content (AvgIpc) is 2.19. The Morgan fingerprint density at radius 2 is 2.19 bits per heavy atom. The van der Waals surface area contributed by atoms with Crippen molar-refractivity contribution >= 4 is 21.6 Å². The van der Waals surface area contributed by atoms with Crippen LogP contribution in [-0.2, 0) is 10.0 Å². The largest absolute Gasteiger partial charge is 0.491 e. The van der Waals surface area contributed by atoms with E-state index in [2.05, 4.69) is 5.92 Å². The molecule has 0 aliphatic heterocycles. The number of hydrogen-bond acceptors (Lipinski definition) is 3. The Labute approximate surface area is 99.4 Å². The molecule has 0 heterocycles. The third-order valence-corrected chi connectivity index (χ3v) is 2.94. The summed E-state index contributed by atoms with van der Waals surface area (Å²) in [6, 6.07) is 4.01. The molecule has 0 saturated heterocycles. The second-order valence-corrected chi connectivity index (χ2v) is 4.91. The highest BCUT2D eigenvalue weighted by atomic mass is 35.5. The number of nitrogens with two attached hydrogens (primary N) is 1. The molecule has 0 amide bonds. The van der Waals surface area contributed by atoms with Crippen LogP contribution in [0.5, 0.6) is 5.75 Å². The summed E-state index contributed by atoms with van der Waals surface area (Å²) in [5.74, 6) is 2.79. The number of hydrogen-bond donors (Lipinski definition) is 1. The molecule has 86 valence electrons. The van der Waals surface area contributed by atoms with Gasteiger partial charge in [0.15, 0.2) is 0 Å². The van der Waals surface area contributed by atoms with Crippen LogP contribution >= 0.6 is 11.6 Å². The Balaban J connectivity index is 2.89. The second-order valence-electron chi connectivity index (χ2n) is 2.94. The van der Waals surface area contributed by atoms with Crippen LogP contribution in [0.2, 0.25) is 5.02 Å². The lowest BCUT2D eigenvalue weighted by atomic mass is 10.3. The van der Waals surface area contributed by atoms with Crippen LogP contribution in [0, 0.1) is 12.3 Å². The summed E-state index contributed by atoms with van der Waals surface area (Å²) < 4.78 is 27.3. The lowest BCUT2D eigenvalue weighted by Crippen LogP contribution is -2.12. The van der Waals surface area contributed by atoms with Gasteiger partial charge in [0, 0.05) is 6.42 Å². The Morgan fingerprint density at radius 1 is 1.50 bits per heavy atom. The number of ether oxygens (including phenoxy) is 1. The molecule has 0 unspecified atom stereocenters. The molecule has 0 atom stereocenters. The molecule has 2 N–H and O–H groups in total. The first kappa shape index (κ1) is 12.8. The van der Waals surface area contributed by atoms with Crippen LogP contribution in [-0.4, -0.2) is 15.0 Å². The molecule has 0 bridgehead atoms. The number of rotatable bonds is 4. The van der Waals surface area contributed by atoms with Crippen molar-refractivity contribution in [1.29, 1.82) is 0 Å². The first-order valence-electron chi connectivity index (χ1n) is 4.34. The molecule has 0 aliphatic carbocycles.